The SMILES string of the molecule is C=CC(=O)C1CNCCC1C. The first kappa shape index (κ1) is 8.47. The number of carbonyl (C=O) groups is 1. The van der Waals surface area contributed by atoms with Crippen LogP contribution >= 0.6 is 0 Å². The van der Waals surface area contributed by atoms with E-state index in [9.17, 15) is 4.79 Å². The molecule has 1 saturated heterocycles. The van der Waals surface area contributed by atoms with Gasteiger partial charge < -0.3 is 5.32 Å². The number of carbonyl (C=O) groups excluding carboxylic acids is 1. The van der Waals surface area contributed by atoms with E-state index in [1.807, 2.05) is 0 Å². The Morgan fingerprint density at radius 3 is 3.00 bits per heavy atom. The second kappa shape index (κ2) is 3.67. The number of allylic oxidation sites excluding steroid dienone is 1. The average Bonchev–Trinajstić information content (AvgIpc) is 2.04. The summed E-state index contributed by atoms with van der Waals surface area (Å²) in [7, 11) is 0. The summed E-state index contributed by atoms with van der Waals surface area (Å²) in [5, 5.41) is 3.21. The molecule has 0 amide bonds. The number of nitrogens with one attached hydrogen (secondary N) is 1. The summed E-state index contributed by atoms with van der Waals surface area (Å²) in [6.45, 7) is 7.49. The van der Waals surface area contributed by atoms with Crippen molar-refractivity contribution in [2.75, 3.05) is 13.1 Å². The van der Waals surface area contributed by atoms with Gasteiger partial charge in [0.2, 0.25) is 0 Å². The molecule has 0 aromatic carbocycles. The molecule has 1 heterocycles. The lowest BCUT2D eigenvalue weighted by Gasteiger charge is -2.27. The molecule has 1 aliphatic heterocycles. The van der Waals surface area contributed by atoms with Crippen LogP contribution in [0.2, 0.25) is 0 Å². The van der Waals surface area contributed by atoms with E-state index in [0.29, 0.717) is 5.92 Å². The summed E-state index contributed by atoms with van der Waals surface area (Å²) in [6.07, 6.45) is 2.54. The molecule has 2 atom stereocenters. The summed E-state index contributed by atoms with van der Waals surface area (Å²) in [5.74, 6) is 0.868. The van der Waals surface area contributed by atoms with Crippen LogP contribution in [0.1, 0.15) is 13.3 Å². The molecule has 62 valence electrons. The fraction of sp³-hybridized carbons (Fsp3) is 0.667. The van der Waals surface area contributed by atoms with E-state index < -0.39 is 0 Å². The third-order valence-electron chi connectivity index (χ3n) is 2.39. The van der Waals surface area contributed by atoms with Gasteiger partial charge in [-0.25, -0.2) is 0 Å². The lowest BCUT2D eigenvalue weighted by atomic mass is 9.85. The van der Waals surface area contributed by atoms with E-state index in [4.69, 9.17) is 0 Å². The zero-order valence-electron chi connectivity index (χ0n) is 6.97. The quantitative estimate of drug-likeness (QED) is 0.599. The van der Waals surface area contributed by atoms with Gasteiger partial charge in [-0.05, 0) is 25.0 Å². The first-order valence-electron chi connectivity index (χ1n) is 4.12. The predicted octanol–water partition coefficient (Wildman–Crippen LogP) is 0.987. The van der Waals surface area contributed by atoms with Crippen LogP contribution in [-0.2, 0) is 4.79 Å². The van der Waals surface area contributed by atoms with Crippen molar-refractivity contribution in [3.8, 4) is 0 Å². The summed E-state index contributed by atoms with van der Waals surface area (Å²) in [4.78, 5) is 11.2. The van der Waals surface area contributed by atoms with Gasteiger partial charge in [0.05, 0.1) is 0 Å². The minimum Gasteiger partial charge on any atom is -0.316 e. The van der Waals surface area contributed by atoms with Gasteiger partial charge in [0.15, 0.2) is 5.78 Å². The van der Waals surface area contributed by atoms with Gasteiger partial charge in [0.1, 0.15) is 0 Å². The molecule has 0 saturated carbocycles. The normalized spacial score (nSPS) is 31.4. The van der Waals surface area contributed by atoms with Gasteiger partial charge in [-0.15, -0.1) is 0 Å². The molecule has 0 aliphatic carbocycles. The maximum absolute atomic E-state index is 11.2. The second-order valence-corrected chi connectivity index (χ2v) is 3.18. The molecule has 0 radical (unpaired) electrons. The highest BCUT2D eigenvalue weighted by atomic mass is 16.1. The Morgan fingerprint density at radius 2 is 2.45 bits per heavy atom. The Morgan fingerprint density at radius 1 is 1.73 bits per heavy atom. The van der Waals surface area contributed by atoms with Crippen molar-refractivity contribution in [1.29, 1.82) is 0 Å². The van der Waals surface area contributed by atoms with Gasteiger partial charge >= 0.3 is 0 Å². The van der Waals surface area contributed by atoms with Crippen molar-refractivity contribution >= 4 is 5.78 Å². The minimum absolute atomic E-state index is 0.168. The van der Waals surface area contributed by atoms with Crippen molar-refractivity contribution in [3.05, 3.63) is 12.7 Å². The van der Waals surface area contributed by atoms with Gasteiger partial charge in [-0.2, -0.15) is 0 Å². The highest BCUT2D eigenvalue weighted by molar-refractivity contribution is 5.91. The standard InChI is InChI=1S/C9H15NO/c1-3-9(11)8-6-10-5-4-7(8)2/h3,7-8,10H,1,4-6H2,2H3. The maximum atomic E-state index is 11.2. The molecule has 0 spiro atoms. The second-order valence-electron chi connectivity index (χ2n) is 3.18. The number of ketones is 1. The molecule has 0 aromatic rings. The first-order valence-corrected chi connectivity index (χ1v) is 4.12. The molecule has 2 nitrogen and oxygen atoms in total. The molecule has 2 unspecified atom stereocenters. The van der Waals surface area contributed by atoms with Gasteiger partial charge in [-0.1, -0.05) is 13.5 Å². The third-order valence-corrected chi connectivity index (χ3v) is 2.39. The largest absolute Gasteiger partial charge is 0.316 e. The van der Waals surface area contributed by atoms with Crippen LogP contribution < -0.4 is 5.32 Å². The lowest BCUT2D eigenvalue weighted by Crippen LogP contribution is -2.39. The molecular weight excluding hydrogens is 138 g/mol. The first-order chi connectivity index (χ1) is 5.25. The van der Waals surface area contributed by atoms with E-state index in [1.165, 1.54) is 6.08 Å². The predicted molar refractivity (Wildman–Crippen MR) is 45.3 cm³/mol. The Labute approximate surface area is 67.7 Å². The smallest absolute Gasteiger partial charge is 0.159 e. The fourth-order valence-corrected chi connectivity index (χ4v) is 1.52. The monoisotopic (exact) mass is 153 g/mol. The van der Waals surface area contributed by atoms with Gasteiger partial charge in [0, 0.05) is 12.5 Å². The number of hydrogen-bond donors (Lipinski definition) is 1. The van der Waals surface area contributed by atoms with Crippen LogP contribution in [-0.4, -0.2) is 18.9 Å². The van der Waals surface area contributed by atoms with E-state index in [2.05, 4.69) is 18.8 Å². The number of rotatable bonds is 2. The zero-order chi connectivity index (χ0) is 8.27. The van der Waals surface area contributed by atoms with E-state index in [1.54, 1.807) is 0 Å². The Balaban J connectivity index is 2.53. The van der Waals surface area contributed by atoms with Gasteiger partial charge in [0.25, 0.3) is 0 Å². The molecule has 1 aliphatic rings. The summed E-state index contributed by atoms with van der Waals surface area (Å²) in [6, 6.07) is 0. The molecule has 2 heteroatoms. The van der Waals surface area contributed by atoms with Crippen LogP contribution in [0, 0.1) is 11.8 Å². The fourth-order valence-electron chi connectivity index (χ4n) is 1.52. The van der Waals surface area contributed by atoms with Crippen LogP contribution in [0.3, 0.4) is 0 Å². The minimum atomic E-state index is 0.168. The molecule has 11 heavy (non-hydrogen) atoms. The van der Waals surface area contributed by atoms with Gasteiger partial charge in [-0.3, -0.25) is 4.79 Å². The summed E-state index contributed by atoms with van der Waals surface area (Å²) < 4.78 is 0. The Bertz CT molecular complexity index is 165. The molecule has 1 N–H and O–H groups in total. The summed E-state index contributed by atoms with van der Waals surface area (Å²) >= 11 is 0. The highest BCUT2D eigenvalue weighted by Crippen LogP contribution is 2.19. The molecular formula is C9H15NO. The van der Waals surface area contributed by atoms with Crippen LogP contribution in [0.15, 0.2) is 12.7 Å². The topological polar surface area (TPSA) is 29.1 Å². The molecule has 1 fully saturated rings. The highest BCUT2D eigenvalue weighted by Gasteiger charge is 2.25. The summed E-state index contributed by atoms with van der Waals surface area (Å²) in [5.41, 5.74) is 0. The number of hydrogen-bond acceptors (Lipinski definition) is 2. The van der Waals surface area contributed by atoms with Crippen molar-refractivity contribution in [2.24, 2.45) is 11.8 Å². The lowest BCUT2D eigenvalue weighted by molar-refractivity contribution is -0.120. The van der Waals surface area contributed by atoms with Crippen molar-refractivity contribution in [3.63, 3.8) is 0 Å². The molecule has 0 bridgehead atoms. The van der Waals surface area contributed by atoms with E-state index in [0.717, 1.165) is 19.5 Å². The molecule has 1 rings (SSSR count). The maximum Gasteiger partial charge on any atom is 0.159 e. The van der Waals surface area contributed by atoms with Crippen LogP contribution in [0.5, 0.6) is 0 Å². The zero-order valence-corrected chi connectivity index (χ0v) is 6.97. The van der Waals surface area contributed by atoms with E-state index in [-0.39, 0.29) is 11.7 Å². The van der Waals surface area contributed by atoms with Crippen LogP contribution in [0.4, 0.5) is 0 Å². The average molecular weight is 153 g/mol. The Kier molecular flexibility index (Phi) is 2.83. The Hall–Kier alpha value is -0.630. The third kappa shape index (κ3) is 1.90. The van der Waals surface area contributed by atoms with Crippen molar-refractivity contribution < 1.29 is 4.79 Å². The van der Waals surface area contributed by atoms with Crippen LogP contribution in [0.25, 0.3) is 0 Å². The van der Waals surface area contributed by atoms with Crippen molar-refractivity contribution in [1.82, 2.24) is 5.32 Å². The van der Waals surface area contributed by atoms with Crippen molar-refractivity contribution in [2.45, 2.75) is 13.3 Å². The van der Waals surface area contributed by atoms with E-state index >= 15 is 0 Å². The number of piperidine rings is 1. The molecule has 0 aromatic heterocycles.